The second-order valence-corrected chi connectivity index (χ2v) is 9.44. The Kier molecular flexibility index (Phi) is 6.32. The number of hydrogen-bond donors (Lipinski definition) is 2. The number of rotatable bonds is 8. The molecule has 0 aliphatic heterocycles. The lowest BCUT2D eigenvalue weighted by Gasteiger charge is -2.08. The Hall–Kier alpha value is -3.85. The van der Waals surface area contributed by atoms with Gasteiger partial charge in [-0.25, -0.2) is 13.4 Å². The molecule has 0 radical (unpaired) electrons. The van der Waals surface area contributed by atoms with E-state index in [0.29, 0.717) is 29.7 Å². The lowest BCUT2D eigenvalue weighted by Crippen LogP contribution is -2.22. The van der Waals surface area contributed by atoms with Crippen LogP contribution in [0.25, 0.3) is 11.0 Å². The number of aromatic amines is 1. The minimum Gasteiger partial charge on any atom is -0.352 e. The molecule has 0 unspecified atom stereocenters. The van der Waals surface area contributed by atoms with Crippen LogP contribution in [0, 0.1) is 0 Å². The molecular formula is C24H22N4O4S. The van der Waals surface area contributed by atoms with Gasteiger partial charge in [-0.15, -0.1) is 0 Å². The molecule has 33 heavy (non-hydrogen) atoms. The van der Waals surface area contributed by atoms with Crippen LogP contribution in [0.5, 0.6) is 0 Å². The number of nitrogens with one attached hydrogen (secondary N) is 2. The number of Topliss-reactive ketones (excluding diaryl/α,β-unsaturated/α-hetero) is 1. The SMILES string of the molecule is CCNC(=O)c1ccc(S(=O)(=O)c2ccc(CCC(=O)c3cnc4[nH]ncc4c3)cc2)cc1. The average Bonchev–Trinajstić information content (AvgIpc) is 3.31. The van der Waals surface area contributed by atoms with Crippen molar-refractivity contribution >= 4 is 32.6 Å². The summed E-state index contributed by atoms with van der Waals surface area (Å²) >= 11 is 0. The van der Waals surface area contributed by atoms with Crippen molar-refractivity contribution in [2.45, 2.75) is 29.6 Å². The molecule has 0 spiro atoms. The maximum absolute atomic E-state index is 12.9. The Balaban J connectivity index is 1.42. The van der Waals surface area contributed by atoms with Crippen molar-refractivity contribution in [3.63, 3.8) is 0 Å². The van der Waals surface area contributed by atoms with Crippen molar-refractivity contribution in [1.29, 1.82) is 0 Å². The van der Waals surface area contributed by atoms with Crippen LogP contribution in [0.3, 0.4) is 0 Å². The number of hydrogen-bond acceptors (Lipinski definition) is 6. The van der Waals surface area contributed by atoms with E-state index in [1.807, 2.05) is 6.92 Å². The molecular weight excluding hydrogens is 440 g/mol. The highest BCUT2D eigenvalue weighted by Crippen LogP contribution is 2.22. The third-order valence-corrected chi connectivity index (χ3v) is 7.04. The van der Waals surface area contributed by atoms with Crippen LogP contribution in [0.15, 0.2) is 76.8 Å². The van der Waals surface area contributed by atoms with Gasteiger partial charge in [0.1, 0.15) is 0 Å². The molecule has 2 N–H and O–H groups in total. The van der Waals surface area contributed by atoms with Gasteiger partial charge in [0.25, 0.3) is 5.91 Å². The number of benzene rings is 2. The third kappa shape index (κ3) is 4.83. The fourth-order valence-corrected chi connectivity index (χ4v) is 4.67. The first-order valence-electron chi connectivity index (χ1n) is 10.4. The molecule has 2 aromatic carbocycles. The number of carbonyl (C=O) groups is 2. The highest BCUT2D eigenvalue weighted by molar-refractivity contribution is 7.91. The zero-order chi connectivity index (χ0) is 23.4. The van der Waals surface area contributed by atoms with Gasteiger partial charge in [0, 0.05) is 35.7 Å². The molecule has 0 aliphatic rings. The van der Waals surface area contributed by atoms with Crippen LogP contribution in [-0.2, 0) is 16.3 Å². The van der Waals surface area contributed by atoms with E-state index in [2.05, 4.69) is 20.5 Å². The maximum Gasteiger partial charge on any atom is 0.251 e. The topological polar surface area (TPSA) is 122 Å². The summed E-state index contributed by atoms with van der Waals surface area (Å²) in [7, 11) is -3.72. The molecule has 0 bridgehead atoms. The maximum atomic E-state index is 12.9. The zero-order valence-corrected chi connectivity index (χ0v) is 18.7. The van der Waals surface area contributed by atoms with E-state index in [9.17, 15) is 18.0 Å². The molecule has 9 heteroatoms. The molecule has 1 amide bonds. The minimum absolute atomic E-state index is 0.0468. The van der Waals surface area contributed by atoms with E-state index < -0.39 is 9.84 Å². The van der Waals surface area contributed by atoms with Crippen LogP contribution in [0.4, 0.5) is 0 Å². The summed E-state index contributed by atoms with van der Waals surface area (Å²) in [6.07, 6.45) is 3.89. The van der Waals surface area contributed by atoms with E-state index in [1.165, 1.54) is 42.6 Å². The molecule has 2 heterocycles. The predicted octanol–water partition coefficient (Wildman–Crippen LogP) is 3.36. The zero-order valence-electron chi connectivity index (χ0n) is 17.9. The number of amides is 1. The highest BCUT2D eigenvalue weighted by Gasteiger charge is 2.18. The number of H-pyrrole nitrogens is 1. The van der Waals surface area contributed by atoms with E-state index in [0.717, 1.165) is 10.9 Å². The molecule has 4 rings (SSSR count). The molecule has 168 valence electrons. The Bertz CT molecular complexity index is 1410. The monoisotopic (exact) mass is 462 g/mol. The summed E-state index contributed by atoms with van der Waals surface area (Å²) in [6, 6.07) is 14.1. The summed E-state index contributed by atoms with van der Waals surface area (Å²) in [5.74, 6) is -0.296. The number of nitrogens with zero attached hydrogens (tertiary/aromatic N) is 2. The predicted molar refractivity (Wildman–Crippen MR) is 123 cm³/mol. The standard InChI is InChI=1S/C24H22N4O4S/c1-2-25-24(30)17-6-10-21(11-7-17)33(31,32)20-8-3-16(4-9-20)5-12-22(29)18-13-19-15-27-28-23(19)26-14-18/h3-4,6-11,13-15H,2,5,12H2,1H3,(H,25,30)(H,26,27,28). The highest BCUT2D eigenvalue weighted by atomic mass is 32.2. The lowest BCUT2D eigenvalue weighted by atomic mass is 10.0. The Morgan fingerprint density at radius 3 is 2.27 bits per heavy atom. The molecule has 8 nitrogen and oxygen atoms in total. The fourth-order valence-electron chi connectivity index (χ4n) is 3.41. The van der Waals surface area contributed by atoms with Crippen LogP contribution in [0.2, 0.25) is 0 Å². The number of pyridine rings is 1. The number of carbonyl (C=O) groups excluding carboxylic acids is 2. The quantitative estimate of drug-likeness (QED) is 0.387. The number of ketones is 1. The first kappa shape index (κ1) is 22.3. The van der Waals surface area contributed by atoms with Gasteiger partial charge < -0.3 is 5.32 Å². The number of fused-ring (bicyclic) bond motifs is 1. The summed E-state index contributed by atoms with van der Waals surface area (Å²) in [5.41, 5.74) is 2.39. The fraction of sp³-hybridized carbons (Fsp3) is 0.167. The lowest BCUT2D eigenvalue weighted by molar-refractivity contribution is 0.0953. The minimum atomic E-state index is -3.72. The van der Waals surface area contributed by atoms with Crippen molar-refractivity contribution in [1.82, 2.24) is 20.5 Å². The molecule has 0 aliphatic carbocycles. The molecule has 2 aromatic heterocycles. The number of sulfone groups is 1. The van der Waals surface area contributed by atoms with E-state index >= 15 is 0 Å². The van der Waals surface area contributed by atoms with Crippen LogP contribution < -0.4 is 5.32 Å². The first-order valence-corrected chi connectivity index (χ1v) is 11.9. The van der Waals surface area contributed by atoms with Crippen molar-refractivity contribution in [3.05, 3.63) is 83.7 Å². The summed E-state index contributed by atoms with van der Waals surface area (Å²) in [6.45, 7) is 2.31. The van der Waals surface area contributed by atoms with Gasteiger partial charge in [0.05, 0.1) is 16.0 Å². The summed E-state index contributed by atoms with van der Waals surface area (Å²) in [5, 5.41) is 10.1. The molecule has 0 fully saturated rings. The van der Waals surface area contributed by atoms with Crippen LogP contribution >= 0.6 is 0 Å². The molecule has 0 saturated carbocycles. The first-order chi connectivity index (χ1) is 15.9. The summed E-state index contributed by atoms with van der Waals surface area (Å²) in [4.78, 5) is 28.8. The normalized spacial score (nSPS) is 11.4. The average molecular weight is 463 g/mol. The van der Waals surface area contributed by atoms with Crippen molar-refractivity contribution in [2.24, 2.45) is 0 Å². The van der Waals surface area contributed by atoms with Gasteiger partial charge in [0.15, 0.2) is 11.4 Å². The van der Waals surface area contributed by atoms with Gasteiger partial charge in [-0.1, -0.05) is 12.1 Å². The van der Waals surface area contributed by atoms with E-state index in [4.69, 9.17) is 0 Å². The van der Waals surface area contributed by atoms with E-state index in [-0.39, 0.29) is 27.9 Å². The number of aromatic nitrogens is 3. The van der Waals surface area contributed by atoms with Gasteiger partial charge in [0.2, 0.25) is 9.84 Å². The summed E-state index contributed by atoms with van der Waals surface area (Å²) < 4.78 is 25.8. The molecule has 0 saturated heterocycles. The van der Waals surface area contributed by atoms with Crippen LogP contribution in [0.1, 0.15) is 39.6 Å². The molecule has 4 aromatic rings. The smallest absolute Gasteiger partial charge is 0.251 e. The number of aryl methyl sites for hydroxylation is 1. The largest absolute Gasteiger partial charge is 0.352 e. The van der Waals surface area contributed by atoms with Gasteiger partial charge in [-0.05, 0) is 61.4 Å². The van der Waals surface area contributed by atoms with Gasteiger partial charge in [-0.3, -0.25) is 14.7 Å². The van der Waals surface area contributed by atoms with Crippen molar-refractivity contribution < 1.29 is 18.0 Å². The van der Waals surface area contributed by atoms with Gasteiger partial charge >= 0.3 is 0 Å². The second kappa shape index (κ2) is 9.33. The Morgan fingerprint density at radius 2 is 1.61 bits per heavy atom. The van der Waals surface area contributed by atoms with Gasteiger partial charge in [-0.2, -0.15) is 5.10 Å². The van der Waals surface area contributed by atoms with Crippen molar-refractivity contribution in [3.8, 4) is 0 Å². The Morgan fingerprint density at radius 1 is 0.939 bits per heavy atom. The van der Waals surface area contributed by atoms with Crippen molar-refractivity contribution in [2.75, 3.05) is 6.54 Å². The Labute approximate surface area is 191 Å². The second-order valence-electron chi connectivity index (χ2n) is 7.49. The molecule has 0 atom stereocenters. The van der Waals surface area contributed by atoms with Crippen LogP contribution in [-0.4, -0.2) is 41.8 Å². The van der Waals surface area contributed by atoms with E-state index in [1.54, 1.807) is 24.4 Å². The third-order valence-electron chi connectivity index (χ3n) is 5.25.